The van der Waals surface area contributed by atoms with Crippen LogP contribution in [0.25, 0.3) is 0 Å². The molecular formula is C18H23NO4S. The molecular weight excluding hydrogens is 326 g/mol. The molecule has 0 aliphatic rings. The van der Waals surface area contributed by atoms with Crippen molar-refractivity contribution in [2.45, 2.75) is 31.7 Å². The number of ether oxygens (including phenoxy) is 2. The first kappa shape index (κ1) is 18.3. The van der Waals surface area contributed by atoms with E-state index in [9.17, 15) is 8.42 Å². The molecule has 24 heavy (non-hydrogen) atoms. The first-order valence-electron chi connectivity index (χ1n) is 7.69. The highest BCUT2D eigenvalue weighted by atomic mass is 32.2. The quantitative estimate of drug-likeness (QED) is 0.834. The molecule has 2 aromatic carbocycles. The number of methoxy groups -OCH3 is 1. The monoisotopic (exact) mass is 349 g/mol. The van der Waals surface area contributed by atoms with Gasteiger partial charge in [0.25, 0.3) is 0 Å². The van der Waals surface area contributed by atoms with E-state index < -0.39 is 10.0 Å². The lowest BCUT2D eigenvalue weighted by Crippen LogP contribution is -2.37. The van der Waals surface area contributed by atoms with Crippen molar-refractivity contribution in [3.05, 3.63) is 53.6 Å². The molecule has 0 aliphatic carbocycles. The Labute approximate surface area is 143 Å². The summed E-state index contributed by atoms with van der Waals surface area (Å²) in [5.41, 5.74) is 1.49. The zero-order chi connectivity index (χ0) is 17.7. The van der Waals surface area contributed by atoms with Crippen LogP contribution in [0.4, 0.5) is 0 Å². The van der Waals surface area contributed by atoms with E-state index in [2.05, 4.69) is 4.72 Å². The predicted octanol–water partition coefficient (Wildman–Crippen LogP) is 3.06. The summed E-state index contributed by atoms with van der Waals surface area (Å²) in [6.07, 6.45) is 0. The molecule has 0 aliphatic heterocycles. The normalized spacial score (nSPS) is 12.7. The fourth-order valence-corrected chi connectivity index (χ4v) is 3.91. The van der Waals surface area contributed by atoms with Gasteiger partial charge in [-0.25, -0.2) is 13.1 Å². The third-order valence-electron chi connectivity index (χ3n) is 3.80. The summed E-state index contributed by atoms with van der Waals surface area (Å²) >= 11 is 0. The second kappa shape index (κ2) is 7.68. The smallest absolute Gasteiger partial charge is 0.241 e. The molecule has 130 valence electrons. The van der Waals surface area contributed by atoms with Crippen molar-refractivity contribution in [1.82, 2.24) is 4.72 Å². The van der Waals surface area contributed by atoms with Crippen LogP contribution in [0.3, 0.4) is 0 Å². The zero-order valence-electron chi connectivity index (χ0n) is 14.4. The molecule has 0 aromatic heterocycles. The lowest BCUT2D eigenvalue weighted by Gasteiger charge is -2.18. The number of rotatable bonds is 7. The Morgan fingerprint density at radius 3 is 2.33 bits per heavy atom. The van der Waals surface area contributed by atoms with Gasteiger partial charge in [-0.2, -0.15) is 0 Å². The maximum atomic E-state index is 12.6. The highest BCUT2D eigenvalue weighted by Gasteiger charge is 2.21. The molecule has 1 atom stereocenters. The lowest BCUT2D eigenvalue weighted by atomic mass is 10.1. The summed E-state index contributed by atoms with van der Waals surface area (Å²) in [5.74, 6) is 1.38. The van der Waals surface area contributed by atoms with E-state index in [0.29, 0.717) is 17.1 Å². The first-order chi connectivity index (χ1) is 11.3. The first-order valence-corrected chi connectivity index (χ1v) is 9.18. The van der Waals surface area contributed by atoms with Crippen LogP contribution in [0.1, 0.15) is 18.1 Å². The van der Waals surface area contributed by atoms with Gasteiger partial charge in [-0.15, -0.1) is 0 Å². The SMILES string of the molecule is COc1ccc(S(=O)(=O)NC(C)COc2ccccc2)c(C)c1C. The van der Waals surface area contributed by atoms with Crippen LogP contribution < -0.4 is 14.2 Å². The number of sulfonamides is 1. The Morgan fingerprint density at radius 1 is 1.04 bits per heavy atom. The number of benzene rings is 2. The number of nitrogens with one attached hydrogen (secondary N) is 1. The van der Waals surface area contributed by atoms with Gasteiger partial charge in [0.2, 0.25) is 10.0 Å². The maximum Gasteiger partial charge on any atom is 0.241 e. The molecule has 1 unspecified atom stereocenters. The molecule has 0 bridgehead atoms. The summed E-state index contributed by atoms with van der Waals surface area (Å²) in [7, 11) is -2.06. The molecule has 0 heterocycles. The third kappa shape index (κ3) is 4.27. The number of hydrogen-bond donors (Lipinski definition) is 1. The van der Waals surface area contributed by atoms with Gasteiger partial charge in [-0.05, 0) is 56.2 Å². The zero-order valence-corrected chi connectivity index (χ0v) is 15.2. The van der Waals surface area contributed by atoms with Gasteiger partial charge in [0.15, 0.2) is 0 Å². The minimum Gasteiger partial charge on any atom is -0.496 e. The van der Waals surface area contributed by atoms with Gasteiger partial charge in [-0.1, -0.05) is 18.2 Å². The van der Waals surface area contributed by atoms with Gasteiger partial charge in [0.05, 0.1) is 18.0 Å². The molecule has 6 heteroatoms. The van der Waals surface area contributed by atoms with Gasteiger partial charge >= 0.3 is 0 Å². The molecule has 0 radical (unpaired) electrons. The predicted molar refractivity (Wildman–Crippen MR) is 94.2 cm³/mol. The van der Waals surface area contributed by atoms with E-state index in [-0.39, 0.29) is 17.5 Å². The van der Waals surface area contributed by atoms with E-state index in [4.69, 9.17) is 9.47 Å². The van der Waals surface area contributed by atoms with Gasteiger partial charge in [0, 0.05) is 0 Å². The molecule has 0 saturated carbocycles. The van der Waals surface area contributed by atoms with Crippen LogP contribution in [0, 0.1) is 13.8 Å². The van der Waals surface area contributed by atoms with Crippen LogP contribution in [0.15, 0.2) is 47.4 Å². The van der Waals surface area contributed by atoms with Crippen LogP contribution in [0.2, 0.25) is 0 Å². The number of hydrogen-bond acceptors (Lipinski definition) is 4. The van der Waals surface area contributed by atoms with E-state index in [1.807, 2.05) is 37.3 Å². The molecule has 1 N–H and O–H groups in total. The molecule has 0 saturated heterocycles. The van der Waals surface area contributed by atoms with Crippen molar-refractivity contribution in [2.75, 3.05) is 13.7 Å². The van der Waals surface area contributed by atoms with Gasteiger partial charge in [-0.3, -0.25) is 0 Å². The van der Waals surface area contributed by atoms with Crippen LogP contribution in [0.5, 0.6) is 11.5 Å². The Balaban J connectivity index is 2.09. The largest absolute Gasteiger partial charge is 0.496 e. The van der Waals surface area contributed by atoms with Crippen molar-refractivity contribution in [1.29, 1.82) is 0 Å². The topological polar surface area (TPSA) is 64.6 Å². The van der Waals surface area contributed by atoms with Crippen LogP contribution in [-0.2, 0) is 10.0 Å². The summed E-state index contributed by atoms with van der Waals surface area (Å²) < 4.78 is 38.7. The average Bonchev–Trinajstić information content (AvgIpc) is 2.55. The molecule has 0 fully saturated rings. The van der Waals surface area contributed by atoms with Gasteiger partial charge < -0.3 is 9.47 Å². The van der Waals surface area contributed by atoms with E-state index in [1.54, 1.807) is 33.1 Å². The van der Waals surface area contributed by atoms with E-state index in [1.165, 1.54) is 0 Å². The molecule has 2 rings (SSSR count). The second-order valence-corrected chi connectivity index (χ2v) is 7.34. The Bertz CT molecular complexity index is 788. The van der Waals surface area contributed by atoms with Crippen molar-refractivity contribution in [2.24, 2.45) is 0 Å². The second-order valence-electron chi connectivity index (χ2n) is 5.66. The highest BCUT2D eigenvalue weighted by Crippen LogP contribution is 2.26. The highest BCUT2D eigenvalue weighted by molar-refractivity contribution is 7.89. The van der Waals surface area contributed by atoms with Crippen molar-refractivity contribution in [3.63, 3.8) is 0 Å². The summed E-state index contributed by atoms with van der Waals surface area (Å²) in [5, 5.41) is 0. The Morgan fingerprint density at radius 2 is 1.71 bits per heavy atom. The van der Waals surface area contributed by atoms with Crippen LogP contribution >= 0.6 is 0 Å². The minimum absolute atomic E-state index is 0.247. The van der Waals surface area contributed by atoms with Crippen molar-refractivity contribution in [3.8, 4) is 11.5 Å². The average molecular weight is 349 g/mol. The molecule has 0 amide bonds. The summed E-state index contributed by atoms with van der Waals surface area (Å²) in [6, 6.07) is 12.2. The molecule has 2 aromatic rings. The third-order valence-corrected chi connectivity index (χ3v) is 5.53. The Hall–Kier alpha value is -2.05. The summed E-state index contributed by atoms with van der Waals surface area (Å²) in [6.45, 7) is 5.64. The maximum absolute atomic E-state index is 12.6. The van der Waals surface area contributed by atoms with Crippen LogP contribution in [-0.4, -0.2) is 28.2 Å². The van der Waals surface area contributed by atoms with Crippen molar-refractivity contribution >= 4 is 10.0 Å². The summed E-state index contributed by atoms with van der Waals surface area (Å²) in [4.78, 5) is 0.257. The Kier molecular flexibility index (Phi) is 5.85. The van der Waals surface area contributed by atoms with E-state index in [0.717, 1.165) is 5.56 Å². The van der Waals surface area contributed by atoms with Gasteiger partial charge in [0.1, 0.15) is 18.1 Å². The molecule has 5 nitrogen and oxygen atoms in total. The minimum atomic E-state index is -3.63. The number of para-hydroxylation sites is 1. The molecule has 0 spiro atoms. The standard InChI is InChI=1S/C18H23NO4S/c1-13(12-23-16-8-6-5-7-9-16)19-24(20,21)18-11-10-17(22-4)14(2)15(18)3/h5-11,13,19H,12H2,1-4H3. The lowest BCUT2D eigenvalue weighted by molar-refractivity contribution is 0.287. The fraction of sp³-hybridized carbons (Fsp3) is 0.333. The fourth-order valence-electron chi connectivity index (χ4n) is 2.38. The van der Waals surface area contributed by atoms with E-state index >= 15 is 0 Å². The van der Waals surface area contributed by atoms with Crippen molar-refractivity contribution < 1.29 is 17.9 Å².